The van der Waals surface area contributed by atoms with Crippen LogP contribution in [0.5, 0.6) is 11.8 Å². The van der Waals surface area contributed by atoms with Crippen molar-refractivity contribution in [2.45, 2.75) is 69.2 Å². The van der Waals surface area contributed by atoms with Gasteiger partial charge in [-0.2, -0.15) is 9.97 Å². The number of hydrogen-bond acceptors (Lipinski definition) is 9. The van der Waals surface area contributed by atoms with Crippen LogP contribution in [0.3, 0.4) is 0 Å². The lowest BCUT2D eigenvalue weighted by molar-refractivity contribution is 0.107. The van der Waals surface area contributed by atoms with E-state index >= 15 is 0 Å². The predicted octanol–water partition coefficient (Wildman–Crippen LogP) is 4.54. The fourth-order valence-corrected chi connectivity index (χ4v) is 7.96. The van der Waals surface area contributed by atoms with Crippen molar-refractivity contribution in [1.29, 1.82) is 0 Å². The van der Waals surface area contributed by atoms with Gasteiger partial charge in [0.25, 0.3) is 0 Å². The van der Waals surface area contributed by atoms with Crippen molar-refractivity contribution >= 4 is 27.6 Å². The Morgan fingerprint density at radius 1 is 1.12 bits per heavy atom. The molecule has 8 rings (SSSR count). The summed E-state index contributed by atoms with van der Waals surface area (Å²) in [4.78, 5) is 23.7. The molecule has 4 aliphatic rings. The van der Waals surface area contributed by atoms with Crippen LogP contribution in [-0.2, 0) is 6.42 Å². The number of rotatable bonds is 6. The maximum absolute atomic E-state index is 14.9. The SMILES string of the molecule is CCc1c(F)ccc2cc(O)cc(-c3ncc4c(N5CC6CCC(C5)N6)nc(OC[C@@]56CCCN5C[C@H](F)C6)nc4n3)c12. The quantitative estimate of drug-likeness (QED) is 0.337. The van der Waals surface area contributed by atoms with Crippen LogP contribution in [0.2, 0.25) is 0 Å². The molecule has 4 aromatic rings. The maximum Gasteiger partial charge on any atom is 0.320 e. The van der Waals surface area contributed by atoms with Gasteiger partial charge in [0.2, 0.25) is 0 Å². The maximum atomic E-state index is 14.9. The van der Waals surface area contributed by atoms with Gasteiger partial charge in [-0.1, -0.05) is 13.0 Å². The number of aromatic nitrogens is 4. The molecule has 0 spiro atoms. The van der Waals surface area contributed by atoms with E-state index in [1.54, 1.807) is 24.4 Å². The van der Waals surface area contributed by atoms with Crippen LogP contribution < -0.4 is 15.0 Å². The summed E-state index contributed by atoms with van der Waals surface area (Å²) in [5, 5.41) is 16.3. The molecular formula is C32H35F2N7O2. The van der Waals surface area contributed by atoms with Crippen molar-refractivity contribution in [3.05, 3.63) is 41.8 Å². The number of halogens is 2. The van der Waals surface area contributed by atoms with Crippen LogP contribution in [0.15, 0.2) is 30.5 Å². The summed E-state index contributed by atoms with van der Waals surface area (Å²) in [6.07, 6.45) is 5.98. The summed E-state index contributed by atoms with van der Waals surface area (Å²) in [6, 6.07) is 7.28. The molecule has 4 aliphatic heterocycles. The number of alkyl halides is 1. The lowest BCUT2D eigenvalue weighted by Gasteiger charge is -2.34. The molecule has 0 aliphatic carbocycles. The van der Waals surface area contributed by atoms with Crippen LogP contribution in [-0.4, -0.2) is 86.5 Å². The molecule has 2 bridgehead atoms. The molecule has 0 amide bonds. The first kappa shape index (κ1) is 26.9. The number of anilines is 1. The zero-order valence-corrected chi connectivity index (χ0v) is 24.2. The van der Waals surface area contributed by atoms with Crippen molar-refractivity contribution in [3.63, 3.8) is 0 Å². The lowest BCUT2D eigenvalue weighted by atomic mass is 9.95. The Labute approximate surface area is 248 Å². The third-order valence-electron chi connectivity index (χ3n) is 9.91. The third-order valence-corrected chi connectivity index (χ3v) is 9.91. The van der Waals surface area contributed by atoms with E-state index in [9.17, 15) is 13.9 Å². The number of benzene rings is 2. The van der Waals surface area contributed by atoms with Crippen LogP contribution in [0.4, 0.5) is 14.6 Å². The Kier molecular flexibility index (Phi) is 6.38. The van der Waals surface area contributed by atoms with Crippen LogP contribution >= 0.6 is 0 Å². The number of hydrogen-bond donors (Lipinski definition) is 2. The van der Waals surface area contributed by atoms with Crippen molar-refractivity contribution in [2.24, 2.45) is 0 Å². The van der Waals surface area contributed by atoms with Gasteiger partial charge in [0.1, 0.15) is 30.2 Å². The summed E-state index contributed by atoms with van der Waals surface area (Å²) in [5.74, 6) is 0.800. The van der Waals surface area contributed by atoms with Crippen molar-refractivity contribution in [1.82, 2.24) is 30.2 Å². The number of nitrogens with one attached hydrogen (secondary N) is 1. The van der Waals surface area contributed by atoms with E-state index in [0.717, 1.165) is 51.1 Å². The number of fused-ring (bicyclic) bond motifs is 5. The number of aromatic hydroxyl groups is 1. The molecule has 43 heavy (non-hydrogen) atoms. The first-order valence-electron chi connectivity index (χ1n) is 15.4. The molecule has 2 aromatic heterocycles. The number of piperazine rings is 1. The summed E-state index contributed by atoms with van der Waals surface area (Å²) >= 11 is 0. The molecule has 0 radical (unpaired) electrons. The second-order valence-electron chi connectivity index (χ2n) is 12.6. The summed E-state index contributed by atoms with van der Waals surface area (Å²) in [7, 11) is 0. The van der Waals surface area contributed by atoms with Gasteiger partial charge in [-0.25, -0.2) is 18.7 Å². The first-order valence-corrected chi connectivity index (χ1v) is 15.4. The van der Waals surface area contributed by atoms with E-state index in [1.165, 1.54) is 6.07 Å². The van der Waals surface area contributed by atoms with Crippen LogP contribution in [0, 0.1) is 5.82 Å². The monoisotopic (exact) mass is 587 g/mol. The Hall–Kier alpha value is -3.70. The van der Waals surface area contributed by atoms with Gasteiger partial charge in [-0.3, -0.25) is 4.90 Å². The van der Waals surface area contributed by atoms with Gasteiger partial charge < -0.3 is 20.1 Å². The average Bonchev–Trinajstić information content (AvgIpc) is 3.65. The summed E-state index contributed by atoms with van der Waals surface area (Å²) < 4.78 is 35.7. The Morgan fingerprint density at radius 2 is 1.95 bits per heavy atom. The fraction of sp³-hybridized carbons (Fsp3) is 0.500. The minimum absolute atomic E-state index is 0.0478. The molecule has 4 saturated heterocycles. The molecule has 0 saturated carbocycles. The van der Waals surface area contributed by atoms with Gasteiger partial charge in [-0.15, -0.1) is 0 Å². The second-order valence-corrected chi connectivity index (χ2v) is 12.6. The van der Waals surface area contributed by atoms with Crippen molar-refractivity contribution in [2.75, 3.05) is 37.7 Å². The van der Waals surface area contributed by atoms with Crippen molar-refractivity contribution < 1.29 is 18.6 Å². The standard InChI is InChI=1S/C32H35F2N7O2/c1-2-23-26(34)7-4-18-10-22(42)11-24(27(18)23)28-35-13-25-29(37-28)38-31(39-30(25)40-15-20-5-6-21(16-40)36-20)43-17-32-8-3-9-41(32)14-19(33)12-32/h4,7,10-11,13,19-21,36,42H,2-3,5-6,8-9,12,14-17H2,1H3/t19-,20?,21?,32+/m1/s1. The topological polar surface area (TPSA) is 99.5 Å². The van der Waals surface area contributed by atoms with Crippen molar-refractivity contribution in [3.8, 4) is 23.1 Å². The highest BCUT2D eigenvalue weighted by Crippen LogP contribution is 2.41. The normalized spacial score (nSPS) is 27.0. The van der Waals surface area contributed by atoms with Crippen LogP contribution in [0.1, 0.15) is 44.6 Å². The highest BCUT2D eigenvalue weighted by atomic mass is 19.1. The smallest absolute Gasteiger partial charge is 0.320 e. The predicted molar refractivity (Wildman–Crippen MR) is 160 cm³/mol. The minimum atomic E-state index is -0.849. The van der Waals surface area contributed by atoms with E-state index < -0.39 is 6.17 Å². The lowest BCUT2D eigenvalue weighted by Crippen LogP contribution is -2.51. The second kappa shape index (κ2) is 10.2. The first-order chi connectivity index (χ1) is 20.9. The molecule has 4 atom stereocenters. The molecule has 2 aromatic carbocycles. The molecule has 2 unspecified atom stereocenters. The van der Waals surface area contributed by atoms with E-state index in [1.807, 2.05) is 6.92 Å². The third kappa shape index (κ3) is 4.55. The molecule has 2 N–H and O–H groups in total. The molecule has 4 fully saturated rings. The molecule has 6 heterocycles. The molecule has 9 nitrogen and oxygen atoms in total. The number of phenolic OH excluding ortho intramolecular Hbond substituents is 1. The molecular weight excluding hydrogens is 552 g/mol. The van der Waals surface area contributed by atoms with Gasteiger partial charge in [0, 0.05) is 49.9 Å². The number of aryl methyl sites for hydroxylation is 1. The Bertz CT molecular complexity index is 1730. The van der Waals surface area contributed by atoms with E-state index in [2.05, 4.69) is 15.1 Å². The summed E-state index contributed by atoms with van der Waals surface area (Å²) in [6.45, 7) is 5.17. The highest BCUT2D eigenvalue weighted by molar-refractivity contribution is 6.00. The average molecular weight is 588 g/mol. The van der Waals surface area contributed by atoms with E-state index in [-0.39, 0.29) is 23.1 Å². The zero-order chi connectivity index (χ0) is 29.3. The van der Waals surface area contributed by atoms with Gasteiger partial charge in [-0.05, 0) is 73.2 Å². The number of ether oxygens (including phenoxy) is 1. The van der Waals surface area contributed by atoms with Crippen LogP contribution in [0.25, 0.3) is 33.2 Å². The summed E-state index contributed by atoms with van der Waals surface area (Å²) in [5.41, 5.74) is 1.17. The zero-order valence-electron chi connectivity index (χ0n) is 24.2. The Balaban J connectivity index is 1.24. The minimum Gasteiger partial charge on any atom is -0.508 e. The van der Waals surface area contributed by atoms with Gasteiger partial charge >= 0.3 is 6.01 Å². The Morgan fingerprint density at radius 3 is 2.77 bits per heavy atom. The largest absolute Gasteiger partial charge is 0.508 e. The molecule has 11 heteroatoms. The molecule has 224 valence electrons. The van der Waals surface area contributed by atoms with E-state index in [4.69, 9.17) is 24.7 Å². The van der Waals surface area contributed by atoms with Gasteiger partial charge in [0.05, 0.1) is 10.9 Å². The fourth-order valence-electron chi connectivity index (χ4n) is 7.96. The number of nitrogens with zero attached hydrogens (tertiary/aromatic N) is 6. The number of phenols is 1. The van der Waals surface area contributed by atoms with Gasteiger partial charge in [0.15, 0.2) is 11.5 Å². The highest BCUT2D eigenvalue weighted by Gasteiger charge is 2.49. The van der Waals surface area contributed by atoms with E-state index in [0.29, 0.717) is 76.8 Å².